The lowest BCUT2D eigenvalue weighted by molar-refractivity contribution is 0.907. The van der Waals surface area contributed by atoms with Gasteiger partial charge in [-0.25, -0.2) is 4.52 Å². The topological polar surface area (TPSA) is 52.2 Å². The normalized spacial score (nSPS) is 11.3. The van der Waals surface area contributed by atoms with E-state index in [9.17, 15) is 4.79 Å². The van der Waals surface area contributed by atoms with E-state index in [1.807, 2.05) is 43.3 Å². The van der Waals surface area contributed by atoms with Crippen molar-refractivity contribution in [3.8, 4) is 5.69 Å². The van der Waals surface area contributed by atoms with Crippen LogP contribution in [0.5, 0.6) is 0 Å². The van der Waals surface area contributed by atoms with Crippen LogP contribution in [0.25, 0.3) is 22.2 Å². The predicted molar refractivity (Wildman–Crippen MR) is 80.8 cm³/mol. The Morgan fingerprint density at radius 3 is 2.71 bits per heavy atom. The number of aryl methyl sites for hydroxylation is 1. The molecule has 0 amide bonds. The van der Waals surface area contributed by atoms with Gasteiger partial charge in [-0.3, -0.25) is 14.3 Å². The number of para-hydroxylation sites is 1. The van der Waals surface area contributed by atoms with Gasteiger partial charge in [0.15, 0.2) is 0 Å². The highest BCUT2D eigenvalue weighted by Gasteiger charge is 2.13. The number of fused-ring (bicyclic) bond motifs is 3. The van der Waals surface area contributed by atoms with E-state index in [2.05, 4.69) is 10.1 Å². The molecule has 0 bridgehead atoms. The van der Waals surface area contributed by atoms with Gasteiger partial charge in [-0.2, -0.15) is 5.10 Å². The highest BCUT2D eigenvalue weighted by Crippen LogP contribution is 2.17. The summed E-state index contributed by atoms with van der Waals surface area (Å²) in [7, 11) is 0. The molecule has 0 aliphatic heterocycles. The summed E-state index contributed by atoms with van der Waals surface area (Å²) in [4.78, 5) is 17.0. The molecule has 21 heavy (non-hydrogen) atoms. The summed E-state index contributed by atoms with van der Waals surface area (Å²) in [5, 5.41) is 5.09. The number of nitrogens with zero attached hydrogens (tertiary/aromatic N) is 4. The van der Waals surface area contributed by atoms with Crippen molar-refractivity contribution in [3.05, 3.63) is 70.9 Å². The Bertz CT molecular complexity index is 1010. The zero-order chi connectivity index (χ0) is 14.4. The lowest BCUT2D eigenvalue weighted by atomic mass is 10.2. The van der Waals surface area contributed by atoms with Crippen molar-refractivity contribution < 1.29 is 0 Å². The Balaban J connectivity index is 2.28. The smallest absolute Gasteiger partial charge is 0.266 e. The molecule has 0 radical (unpaired) electrons. The molecule has 0 aliphatic carbocycles. The SMILES string of the molecule is Cc1cc2n(-c3ccccc3)c(=O)c3ccncc3n2n1. The van der Waals surface area contributed by atoms with Crippen LogP contribution >= 0.6 is 0 Å². The van der Waals surface area contributed by atoms with Crippen molar-refractivity contribution in [1.29, 1.82) is 0 Å². The summed E-state index contributed by atoms with van der Waals surface area (Å²) in [6, 6.07) is 13.2. The molecule has 0 unspecified atom stereocenters. The second kappa shape index (κ2) is 4.28. The molecule has 5 nitrogen and oxygen atoms in total. The lowest BCUT2D eigenvalue weighted by Gasteiger charge is -2.10. The Morgan fingerprint density at radius 2 is 1.90 bits per heavy atom. The summed E-state index contributed by atoms with van der Waals surface area (Å²) in [5.74, 6) is 0. The maximum Gasteiger partial charge on any atom is 0.266 e. The van der Waals surface area contributed by atoms with E-state index in [1.54, 1.807) is 27.5 Å². The van der Waals surface area contributed by atoms with Crippen LogP contribution in [0.3, 0.4) is 0 Å². The molecule has 3 aromatic heterocycles. The number of benzene rings is 1. The molecular weight excluding hydrogens is 264 g/mol. The molecule has 0 fully saturated rings. The van der Waals surface area contributed by atoms with Gasteiger partial charge in [0.25, 0.3) is 5.56 Å². The van der Waals surface area contributed by atoms with Crippen LogP contribution in [0.1, 0.15) is 5.69 Å². The molecule has 102 valence electrons. The largest absolute Gasteiger partial charge is 0.268 e. The van der Waals surface area contributed by atoms with Crippen LogP contribution in [0.15, 0.2) is 59.7 Å². The van der Waals surface area contributed by atoms with Crippen LogP contribution in [0, 0.1) is 6.92 Å². The average molecular weight is 276 g/mol. The molecule has 0 saturated heterocycles. The monoisotopic (exact) mass is 276 g/mol. The van der Waals surface area contributed by atoms with Crippen LogP contribution in [0.4, 0.5) is 0 Å². The maximum atomic E-state index is 12.8. The molecule has 4 aromatic rings. The van der Waals surface area contributed by atoms with Crippen LogP contribution < -0.4 is 5.56 Å². The van der Waals surface area contributed by atoms with Crippen molar-refractivity contribution in [2.45, 2.75) is 6.92 Å². The summed E-state index contributed by atoms with van der Waals surface area (Å²) < 4.78 is 3.45. The van der Waals surface area contributed by atoms with Crippen LogP contribution in [-0.2, 0) is 0 Å². The Kier molecular flexibility index (Phi) is 2.41. The van der Waals surface area contributed by atoms with Gasteiger partial charge in [0.05, 0.1) is 28.5 Å². The first kappa shape index (κ1) is 11.8. The minimum atomic E-state index is -0.0639. The molecular formula is C16H12N4O. The minimum absolute atomic E-state index is 0.0639. The van der Waals surface area contributed by atoms with Crippen molar-refractivity contribution in [2.24, 2.45) is 0 Å². The second-order valence-corrected chi connectivity index (χ2v) is 4.92. The Labute approximate surface area is 120 Å². The van der Waals surface area contributed by atoms with Crippen LogP contribution in [0.2, 0.25) is 0 Å². The fourth-order valence-corrected chi connectivity index (χ4v) is 2.61. The van der Waals surface area contributed by atoms with Crippen molar-refractivity contribution >= 4 is 16.6 Å². The number of hydrogen-bond acceptors (Lipinski definition) is 3. The summed E-state index contributed by atoms with van der Waals surface area (Å²) in [6.07, 6.45) is 3.30. The van der Waals surface area contributed by atoms with Crippen molar-refractivity contribution in [3.63, 3.8) is 0 Å². The third-order valence-electron chi connectivity index (χ3n) is 3.52. The quantitative estimate of drug-likeness (QED) is 0.536. The molecule has 3 heterocycles. The molecule has 1 aromatic carbocycles. The van der Waals surface area contributed by atoms with E-state index < -0.39 is 0 Å². The van der Waals surface area contributed by atoms with Gasteiger partial charge < -0.3 is 0 Å². The van der Waals surface area contributed by atoms with Gasteiger partial charge in [-0.15, -0.1) is 0 Å². The minimum Gasteiger partial charge on any atom is -0.268 e. The molecule has 5 heteroatoms. The fourth-order valence-electron chi connectivity index (χ4n) is 2.61. The number of rotatable bonds is 1. The molecule has 0 saturated carbocycles. The zero-order valence-electron chi connectivity index (χ0n) is 11.4. The van der Waals surface area contributed by atoms with Crippen molar-refractivity contribution in [2.75, 3.05) is 0 Å². The fraction of sp³-hybridized carbons (Fsp3) is 0.0625. The first-order valence-corrected chi connectivity index (χ1v) is 6.66. The molecule has 4 rings (SSSR count). The predicted octanol–water partition coefficient (Wildman–Crippen LogP) is 2.34. The van der Waals surface area contributed by atoms with Gasteiger partial charge in [0.2, 0.25) is 0 Å². The Hall–Kier alpha value is -2.95. The number of aromatic nitrogens is 4. The highest BCUT2D eigenvalue weighted by atomic mass is 16.1. The summed E-state index contributed by atoms with van der Waals surface area (Å²) >= 11 is 0. The zero-order valence-corrected chi connectivity index (χ0v) is 11.4. The third kappa shape index (κ3) is 1.67. The molecule has 0 N–H and O–H groups in total. The maximum absolute atomic E-state index is 12.8. The van der Waals surface area contributed by atoms with E-state index in [0.29, 0.717) is 5.39 Å². The van der Waals surface area contributed by atoms with Gasteiger partial charge in [-0.05, 0) is 25.1 Å². The van der Waals surface area contributed by atoms with E-state index in [1.165, 1.54) is 0 Å². The van der Waals surface area contributed by atoms with E-state index in [4.69, 9.17) is 0 Å². The lowest BCUT2D eigenvalue weighted by Crippen LogP contribution is -2.21. The van der Waals surface area contributed by atoms with Crippen molar-refractivity contribution in [1.82, 2.24) is 19.2 Å². The summed E-state index contributed by atoms with van der Waals surface area (Å²) in [5.41, 5.74) is 3.08. The highest BCUT2D eigenvalue weighted by molar-refractivity contribution is 5.80. The number of pyridine rings is 1. The second-order valence-electron chi connectivity index (χ2n) is 4.92. The third-order valence-corrected chi connectivity index (χ3v) is 3.52. The van der Waals surface area contributed by atoms with Gasteiger partial charge in [-0.1, -0.05) is 18.2 Å². The summed E-state index contributed by atoms with van der Waals surface area (Å²) in [6.45, 7) is 1.91. The molecule has 0 atom stereocenters. The average Bonchev–Trinajstić information content (AvgIpc) is 2.90. The number of hydrogen-bond donors (Lipinski definition) is 0. The first-order valence-electron chi connectivity index (χ1n) is 6.66. The Morgan fingerprint density at radius 1 is 1.10 bits per heavy atom. The van der Waals surface area contributed by atoms with Crippen LogP contribution in [-0.4, -0.2) is 19.2 Å². The van der Waals surface area contributed by atoms with E-state index >= 15 is 0 Å². The molecule has 0 spiro atoms. The van der Waals surface area contributed by atoms with E-state index in [0.717, 1.165) is 22.5 Å². The van der Waals surface area contributed by atoms with Gasteiger partial charge >= 0.3 is 0 Å². The first-order chi connectivity index (χ1) is 10.3. The standard InChI is InChI=1S/C16H12N4O/c1-11-9-15-19(12-5-3-2-4-6-12)16(21)13-7-8-17-10-14(13)20(15)18-11/h2-10H,1H3. The van der Waals surface area contributed by atoms with Gasteiger partial charge in [0, 0.05) is 12.3 Å². The van der Waals surface area contributed by atoms with E-state index in [-0.39, 0.29) is 5.56 Å². The molecule has 0 aliphatic rings. The van der Waals surface area contributed by atoms with Gasteiger partial charge in [0.1, 0.15) is 5.65 Å².